The molecule has 0 aliphatic heterocycles. The van der Waals surface area contributed by atoms with E-state index in [-0.39, 0.29) is 5.56 Å². The van der Waals surface area contributed by atoms with E-state index in [0.717, 1.165) is 0 Å². The lowest BCUT2D eigenvalue weighted by atomic mass is 10.2. The molecular formula is C8H8O4. The molecule has 0 unspecified atom stereocenters. The molecule has 0 aliphatic carbocycles. The monoisotopic (exact) mass is 168 g/mol. The normalized spacial score (nSPS) is 9.92. The van der Waals surface area contributed by atoms with Crippen molar-refractivity contribution in [1.29, 1.82) is 0 Å². The molecule has 1 aromatic rings. The lowest BCUT2D eigenvalue weighted by molar-refractivity contribution is -0.200. The molecule has 0 bridgehead atoms. The quantitative estimate of drug-likeness (QED) is 0.486. The number of benzene rings is 1. The Morgan fingerprint density at radius 2 is 1.83 bits per heavy atom. The Kier molecular flexibility index (Phi) is 2.79. The van der Waals surface area contributed by atoms with Crippen molar-refractivity contribution in [2.45, 2.75) is 6.48 Å². The highest BCUT2D eigenvalue weighted by molar-refractivity contribution is 5.89. The van der Waals surface area contributed by atoms with E-state index in [2.05, 4.69) is 4.74 Å². The van der Waals surface area contributed by atoms with E-state index in [9.17, 15) is 4.79 Å². The zero-order chi connectivity index (χ0) is 8.97. The molecule has 1 aromatic carbocycles. The summed E-state index contributed by atoms with van der Waals surface area (Å²) in [6.07, 6.45) is 0. The molecule has 0 aromatic heterocycles. The third-order valence-electron chi connectivity index (χ3n) is 1.22. The molecule has 0 fully saturated rings. The Labute approximate surface area is 69.0 Å². The van der Waals surface area contributed by atoms with Gasteiger partial charge in [-0.05, 0) is 12.1 Å². The summed E-state index contributed by atoms with van der Waals surface area (Å²) in [5.41, 5.74) is 0.283. The molecule has 0 saturated heterocycles. The predicted octanol–water partition coefficient (Wildman–Crippen LogP) is 0.112. The summed E-state index contributed by atoms with van der Waals surface area (Å²) in [6, 6.07) is 8.09. The molecule has 4 heteroatoms. The topological polar surface area (TPSA) is 66.8 Å². The Morgan fingerprint density at radius 3 is 2.33 bits per heavy atom. The van der Waals surface area contributed by atoms with Crippen LogP contribution in [0.3, 0.4) is 0 Å². The third kappa shape index (κ3) is 2.34. The van der Waals surface area contributed by atoms with Crippen molar-refractivity contribution in [3.05, 3.63) is 35.9 Å². The van der Waals surface area contributed by atoms with E-state index in [1.807, 2.05) is 0 Å². The van der Waals surface area contributed by atoms with Crippen LogP contribution in [0.25, 0.3) is 0 Å². The van der Waals surface area contributed by atoms with Crippen molar-refractivity contribution < 1.29 is 19.7 Å². The first-order valence-electron chi connectivity index (χ1n) is 3.32. The van der Waals surface area contributed by atoms with Crippen LogP contribution >= 0.6 is 0 Å². The van der Waals surface area contributed by atoms with Gasteiger partial charge in [0.15, 0.2) is 0 Å². The Bertz CT molecular complexity index is 255. The number of hydrogen-bond donors (Lipinski definition) is 2. The fourth-order valence-electron chi connectivity index (χ4n) is 0.738. The van der Waals surface area contributed by atoms with Gasteiger partial charge < -0.3 is 14.9 Å². The first-order chi connectivity index (χ1) is 5.70. The lowest BCUT2D eigenvalue weighted by Gasteiger charge is -2.04. The fourth-order valence-corrected chi connectivity index (χ4v) is 0.738. The van der Waals surface area contributed by atoms with Gasteiger partial charge in [-0.3, -0.25) is 0 Å². The van der Waals surface area contributed by atoms with Crippen LogP contribution in [0.5, 0.6) is 0 Å². The van der Waals surface area contributed by atoms with Crippen molar-refractivity contribution in [2.75, 3.05) is 0 Å². The largest absolute Gasteiger partial charge is 0.407 e. The molecule has 1 rings (SSSR count). The molecule has 0 aliphatic rings. The van der Waals surface area contributed by atoms with Crippen molar-refractivity contribution >= 4 is 5.97 Å². The van der Waals surface area contributed by atoms with Gasteiger partial charge in [0.1, 0.15) is 0 Å². The second-order valence-corrected chi connectivity index (χ2v) is 2.10. The van der Waals surface area contributed by atoms with Crippen LogP contribution in [0.15, 0.2) is 30.3 Å². The average molecular weight is 168 g/mol. The van der Waals surface area contributed by atoms with E-state index >= 15 is 0 Å². The van der Waals surface area contributed by atoms with E-state index < -0.39 is 12.4 Å². The van der Waals surface area contributed by atoms with Gasteiger partial charge in [0, 0.05) is 0 Å². The molecule has 0 amide bonds. The number of hydrogen-bond acceptors (Lipinski definition) is 4. The Morgan fingerprint density at radius 1 is 1.25 bits per heavy atom. The third-order valence-corrected chi connectivity index (χ3v) is 1.22. The number of ether oxygens (including phenoxy) is 1. The predicted molar refractivity (Wildman–Crippen MR) is 40.1 cm³/mol. The van der Waals surface area contributed by atoms with Crippen LogP contribution in [0.2, 0.25) is 0 Å². The van der Waals surface area contributed by atoms with Gasteiger partial charge in [0.05, 0.1) is 5.56 Å². The number of esters is 1. The smallest absolute Gasteiger partial charge is 0.342 e. The van der Waals surface area contributed by atoms with E-state index in [1.165, 1.54) is 12.1 Å². The van der Waals surface area contributed by atoms with Crippen LogP contribution in [0.4, 0.5) is 0 Å². The van der Waals surface area contributed by atoms with Crippen LogP contribution in [0.1, 0.15) is 10.4 Å². The van der Waals surface area contributed by atoms with Crippen LogP contribution in [0, 0.1) is 0 Å². The minimum absolute atomic E-state index is 0.283. The molecule has 0 radical (unpaired) electrons. The molecular weight excluding hydrogens is 160 g/mol. The van der Waals surface area contributed by atoms with Gasteiger partial charge in [-0.2, -0.15) is 0 Å². The summed E-state index contributed by atoms with van der Waals surface area (Å²) in [4.78, 5) is 10.9. The molecule has 0 heterocycles. The van der Waals surface area contributed by atoms with Gasteiger partial charge in [-0.15, -0.1) is 0 Å². The maximum absolute atomic E-state index is 10.9. The van der Waals surface area contributed by atoms with Gasteiger partial charge >= 0.3 is 12.4 Å². The van der Waals surface area contributed by atoms with Crippen LogP contribution < -0.4 is 0 Å². The van der Waals surface area contributed by atoms with E-state index in [0.29, 0.717) is 0 Å². The highest BCUT2D eigenvalue weighted by atomic mass is 16.7. The minimum atomic E-state index is -2.06. The number of carbonyl (C=O) groups excluding carboxylic acids is 1. The number of aliphatic hydroxyl groups excluding tert-OH is 1. The molecule has 0 atom stereocenters. The highest BCUT2D eigenvalue weighted by Crippen LogP contribution is 2.01. The SMILES string of the molecule is O=C(OC(O)O)c1ccccc1. The Hall–Kier alpha value is -1.39. The molecule has 64 valence electrons. The second kappa shape index (κ2) is 3.85. The fraction of sp³-hybridized carbons (Fsp3) is 0.125. The zero-order valence-corrected chi connectivity index (χ0v) is 6.18. The van der Waals surface area contributed by atoms with Crippen molar-refractivity contribution in [3.8, 4) is 0 Å². The Balaban J connectivity index is 2.66. The minimum Gasteiger partial charge on any atom is -0.407 e. The van der Waals surface area contributed by atoms with E-state index in [4.69, 9.17) is 10.2 Å². The molecule has 4 nitrogen and oxygen atoms in total. The summed E-state index contributed by atoms with van der Waals surface area (Å²) in [6.45, 7) is -2.06. The standard InChI is InChI=1S/C8H8O4/c9-7(12-8(10)11)6-4-2-1-3-5-6/h1-5,8,10-11H. The second-order valence-electron chi connectivity index (χ2n) is 2.10. The average Bonchev–Trinajstić information content (AvgIpc) is 2.05. The zero-order valence-electron chi connectivity index (χ0n) is 6.18. The summed E-state index contributed by atoms with van der Waals surface area (Å²) in [7, 11) is 0. The van der Waals surface area contributed by atoms with E-state index in [1.54, 1.807) is 18.2 Å². The summed E-state index contributed by atoms with van der Waals surface area (Å²) < 4.78 is 4.11. The maximum Gasteiger partial charge on any atom is 0.342 e. The van der Waals surface area contributed by atoms with Crippen LogP contribution in [-0.4, -0.2) is 22.7 Å². The molecule has 2 N–H and O–H groups in total. The lowest BCUT2D eigenvalue weighted by Crippen LogP contribution is -2.16. The molecule has 0 spiro atoms. The first kappa shape index (κ1) is 8.70. The van der Waals surface area contributed by atoms with Crippen molar-refractivity contribution in [1.82, 2.24) is 0 Å². The van der Waals surface area contributed by atoms with Crippen molar-refractivity contribution in [2.24, 2.45) is 0 Å². The highest BCUT2D eigenvalue weighted by Gasteiger charge is 2.08. The van der Waals surface area contributed by atoms with Gasteiger partial charge in [-0.25, -0.2) is 4.79 Å². The molecule has 12 heavy (non-hydrogen) atoms. The number of aliphatic hydroxyl groups is 2. The number of carbonyl (C=O) groups is 1. The van der Waals surface area contributed by atoms with Gasteiger partial charge in [-0.1, -0.05) is 18.2 Å². The first-order valence-corrected chi connectivity index (χ1v) is 3.32. The maximum atomic E-state index is 10.9. The summed E-state index contributed by atoms with van der Waals surface area (Å²) >= 11 is 0. The number of rotatable bonds is 2. The van der Waals surface area contributed by atoms with Crippen molar-refractivity contribution in [3.63, 3.8) is 0 Å². The summed E-state index contributed by atoms with van der Waals surface area (Å²) in [5.74, 6) is -0.759. The van der Waals surface area contributed by atoms with Crippen LogP contribution in [-0.2, 0) is 4.74 Å². The summed E-state index contributed by atoms with van der Waals surface area (Å²) in [5, 5.41) is 16.6. The van der Waals surface area contributed by atoms with Gasteiger partial charge in [0.2, 0.25) is 0 Å². The van der Waals surface area contributed by atoms with Gasteiger partial charge in [0.25, 0.3) is 0 Å². The molecule has 0 saturated carbocycles.